The molecule has 1 aromatic carbocycles. The summed E-state index contributed by atoms with van der Waals surface area (Å²) >= 11 is 0. The molecule has 1 fully saturated rings. The van der Waals surface area contributed by atoms with Crippen LogP contribution in [0.4, 0.5) is 0 Å². The molecule has 13 heteroatoms. The molecule has 0 aliphatic carbocycles. The van der Waals surface area contributed by atoms with Crippen molar-refractivity contribution in [3.8, 4) is 11.5 Å². The molecule has 0 saturated carbocycles. The number of carboxylic acid groups (broad SMARTS) is 2. The monoisotopic (exact) mass is 504 g/mol. The number of ether oxygens (including phenoxy) is 2. The second-order valence-corrected chi connectivity index (χ2v) is 8.33. The van der Waals surface area contributed by atoms with Crippen LogP contribution >= 0.6 is 0 Å². The van der Waals surface area contributed by atoms with Gasteiger partial charge < -0.3 is 49.8 Å². The van der Waals surface area contributed by atoms with E-state index in [0.29, 0.717) is 16.5 Å². The first-order chi connectivity index (χ1) is 17.1. The van der Waals surface area contributed by atoms with Crippen LogP contribution < -0.4 is 4.74 Å². The number of carboxylic acids is 2. The molecule has 0 unspecified atom stereocenters. The number of aliphatic imine (C=N–C) groups is 1. The summed E-state index contributed by atoms with van der Waals surface area (Å²) in [7, 11) is 0. The zero-order chi connectivity index (χ0) is 26.1. The summed E-state index contributed by atoms with van der Waals surface area (Å²) < 4.78 is 12.4. The molecular formula is C23H24N2O11. The van der Waals surface area contributed by atoms with Gasteiger partial charge in [-0.15, -0.1) is 0 Å². The lowest BCUT2D eigenvalue weighted by atomic mass is 9.99. The number of aromatic nitrogens is 1. The van der Waals surface area contributed by atoms with Gasteiger partial charge in [0.1, 0.15) is 30.1 Å². The summed E-state index contributed by atoms with van der Waals surface area (Å²) in [6, 6.07) is 3.27. The van der Waals surface area contributed by atoms with E-state index >= 15 is 0 Å². The Hall–Kier alpha value is -3.75. The molecule has 13 nitrogen and oxygen atoms in total. The predicted octanol–water partition coefficient (Wildman–Crippen LogP) is -0.695. The zero-order valence-electron chi connectivity index (χ0n) is 18.6. The molecule has 1 aromatic heterocycles. The van der Waals surface area contributed by atoms with Gasteiger partial charge in [0.05, 0.1) is 12.1 Å². The largest absolute Gasteiger partial charge is 0.504 e. The van der Waals surface area contributed by atoms with Gasteiger partial charge in [-0.3, -0.25) is 4.99 Å². The molecule has 2 aliphatic rings. The number of nitrogens with zero attached hydrogens (tertiary/aromatic N) is 2. The number of aliphatic hydroxyl groups excluding tert-OH is 4. The van der Waals surface area contributed by atoms with Gasteiger partial charge in [0.25, 0.3) is 0 Å². The number of aromatic hydroxyl groups is 1. The van der Waals surface area contributed by atoms with Crippen LogP contribution in [0.2, 0.25) is 0 Å². The number of aliphatic carboxylic acids is 2. The van der Waals surface area contributed by atoms with Crippen LogP contribution in [0.1, 0.15) is 6.42 Å². The zero-order valence-corrected chi connectivity index (χ0v) is 18.6. The van der Waals surface area contributed by atoms with Gasteiger partial charge in [-0.05, 0) is 29.9 Å². The van der Waals surface area contributed by atoms with E-state index in [1.807, 2.05) is 0 Å². The molecule has 2 aliphatic heterocycles. The number of benzene rings is 1. The van der Waals surface area contributed by atoms with Gasteiger partial charge in [-0.2, -0.15) is 0 Å². The van der Waals surface area contributed by atoms with Crippen LogP contribution in [-0.2, 0) is 14.3 Å². The van der Waals surface area contributed by atoms with Crippen molar-refractivity contribution in [2.24, 2.45) is 4.99 Å². The highest BCUT2D eigenvalue weighted by atomic mass is 16.7. The lowest BCUT2D eigenvalue weighted by Gasteiger charge is -2.39. The highest BCUT2D eigenvalue weighted by Gasteiger charge is 2.45. The smallest absolute Gasteiger partial charge is 0.354 e. The Morgan fingerprint density at radius 2 is 1.92 bits per heavy atom. The molecule has 0 radical (unpaired) electrons. The first-order valence-corrected chi connectivity index (χ1v) is 10.8. The van der Waals surface area contributed by atoms with E-state index in [1.54, 1.807) is 29.1 Å². The van der Waals surface area contributed by atoms with Gasteiger partial charge in [-0.25, -0.2) is 9.59 Å². The van der Waals surface area contributed by atoms with E-state index in [4.69, 9.17) is 9.47 Å². The highest BCUT2D eigenvalue weighted by molar-refractivity contribution is 6.41. The van der Waals surface area contributed by atoms with Crippen molar-refractivity contribution in [2.45, 2.75) is 43.2 Å². The van der Waals surface area contributed by atoms with Crippen molar-refractivity contribution in [3.63, 3.8) is 0 Å². The van der Waals surface area contributed by atoms with Gasteiger partial charge in [0, 0.05) is 30.3 Å². The van der Waals surface area contributed by atoms with Crippen molar-refractivity contribution in [3.05, 3.63) is 42.1 Å². The third-order valence-electron chi connectivity index (χ3n) is 5.89. The standard InChI is InChI=1S/C23H24N2O11/c26-9-17-18(28)19(29)20(30)23(36-17)35-16-7-11-2-4-25(14(11)8-15(16)27)3-1-10-5-12(21(31)32)24-13(6-10)22(33)34/h1-5,7-8,13,17-20,23,26-30H,6,9H2,(H,31,32)(H,33,34)/t13-,17+,18+,19-,20+,23+/m0/s1. The average molecular weight is 504 g/mol. The Morgan fingerprint density at radius 3 is 2.58 bits per heavy atom. The Kier molecular flexibility index (Phi) is 7.10. The lowest BCUT2D eigenvalue weighted by molar-refractivity contribution is -0.277. The van der Waals surface area contributed by atoms with Crippen LogP contribution in [-0.4, -0.2) is 101 Å². The van der Waals surface area contributed by atoms with Gasteiger partial charge in [0.2, 0.25) is 6.29 Å². The van der Waals surface area contributed by atoms with Crippen molar-refractivity contribution < 1.29 is 54.8 Å². The number of dihydropyridines is 1. The minimum absolute atomic E-state index is 0.00412. The number of phenolic OH excluding ortho intramolecular Hbond substituents is 1. The molecule has 3 heterocycles. The molecule has 6 atom stereocenters. The van der Waals surface area contributed by atoms with E-state index in [0.717, 1.165) is 0 Å². The fourth-order valence-corrected chi connectivity index (χ4v) is 3.95. The van der Waals surface area contributed by atoms with Crippen molar-refractivity contribution >= 4 is 34.8 Å². The molecule has 4 rings (SSSR count). The predicted molar refractivity (Wildman–Crippen MR) is 123 cm³/mol. The fourth-order valence-electron chi connectivity index (χ4n) is 3.95. The van der Waals surface area contributed by atoms with Crippen molar-refractivity contribution in [1.82, 2.24) is 4.57 Å². The number of rotatable bonds is 7. The maximum absolute atomic E-state index is 11.3. The maximum Gasteiger partial charge on any atom is 0.354 e. The Labute approximate surface area is 203 Å². The summed E-state index contributed by atoms with van der Waals surface area (Å²) in [6.45, 7) is -0.630. The molecule has 7 N–H and O–H groups in total. The number of fused-ring (bicyclic) bond motifs is 1. The van der Waals surface area contributed by atoms with Crippen LogP contribution in [0, 0.1) is 0 Å². The van der Waals surface area contributed by atoms with E-state index in [2.05, 4.69) is 4.99 Å². The molecule has 36 heavy (non-hydrogen) atoms. The number of hydrogen-bond acceptors (Lipinski definition) is 10. The third-order valence-corrected chi connectivity index (χ3v) is 5.89. The van der Waals surface area contributed by atoms with E-state index in [-0.39, 0.29) is 23.6 Å². The summed E-state index contributed by atoms with van der Waals surface area (Å²) in [5.41, 5.74) is 0.588. The SMILES string of the molecule is O=C(O)C1=N[C@H](C(=O)O)CC(C=Cn2ccc3cc(O[C@@H]4O[C@H](CO)[C@@H](O)[C@H](O)[C@H]4O)c(O)cc32)=C1. The van der Waals surface area contributed by atoms with E-state index in [9.17, 15) is 45.3 Å². The minimum atomic E-state index is -1.65. The number of allylic oxidation sites excluding steroid dienone is 1. The van der Waals surface area contributed by atoms with Gasteiger partial charge in [-0.1, -0.05) is 0 Å². The van der Waals surface area contributed by atoms with Crippen LogP contribution in [0.25, 0.3) is 17.1 Å². The van der Waals surface area contributed by atoms with Gasteiger partial charge >= 0.3 is 11.9 Å². The van der Waals surface area contributed by atoms with E-state index < -0.39 is 55.3 Å². The van der Waals surface area contributed by atoms with Crippen LogP contribution in [0.5, 0.6) is 11.5 Å². The second-order valence-electron chi connectivity index (χ2n) is 8.33. The Morgan fingerprint density at radius 1 is 1.17 bits per heavy atom. The number of aliphatic hydroxyl groups is 4. The normalized spacial score (nSPS) is 28.7. The maximum atomic E-state index is 11.3. The topological polar surface area (TPSA) is 211 Å². The molecular weight excluding hydrogens is 480 g/mol. The fraction of sp³-hybridized carbons (Fsp3) is 0.348. The second kappa shape index (κ2) is 10.1. The molecule has 2 aromatic rings. The Balaban J connectivity index is 1.56. The van der Waals surface area contributed by atoms with Crippen LogP contribution in [0.15, 0.2) is 47.1 Å². The van der Waals surface area contributed by atoms with Crippen molar-refractivity contribution in [2.75, 3.05) is 6.61 Å². The quantitative estimate of drug-likeness (QED) is 0.251. The van der Waals surface area contributed by atoms with Crippen LogP contribution in [0.3, 0.4) is 0 Å². The Bertz CT molecular complexity index is 1260. The molecule has 1 saturated heterocycles. The lowest BCUT2D eigenvalue weighted by Crippen LogP contribution is -2.60. The number of carbonyl (C=O) groups is 2. The average Bonchev–Trinajstić information content (AvgIpc) is 3.24. The summed E-state index contributed by atoms with van der Waals surface area (Å²) in [5.74, 6) is -3.00. The summed E-state index contributed by atoms with van der Waals surface area (Å²) in [5, 5.41) is 68.8. The first-order valence-electron chi connectivity index (χ1n) is 10.8. The minimum Gasteiger partial charge on any atom is -0.504 e. The molecule has 0 spiro atoms. The first kappa shape index (κ1) is 25.3. The van der Waals surface area contributed by atoms with E-state index in [1.165, 1.54) is 18.2 Å². The highest BCUT2D eigenvalue weighted by Crippen LogP contribution is 2.35. The number of phenols is 1. The molecule has 0 amide bonds. The molecule has 0 bridgehead atoms. The summed E-state index contributed by atoms with van der Waals surface area (Å²) in [4.78, 5) is 26.3. The summed E-state index contributed by atoms with van der Waals surface area (Å²) in [6.07, 6.45) is -1.45. The van der Waals surface area contributed by atoms with Gasteiger partial charge in [0.15, 0.2) is 17.5 Å². The van der Waals surface area contributed by atoms with Crippen molar-refractivity contribution in [1.29, 1.82) is 0 Å². The number of hydrogen-bond donors (Lipinski definition) is 7. The third kappa shape index (κ3) is 4.96. The molecule has 192 valence electrons.